The molecule has 7 nitrogen and oxygen atoms in total. The molecule has 2 N–H and O–H groups in total. The minimum Gasteiger partial charge on any atom is -0.481 e. The number of rotatable bonds is 3. The highest BCUT2D eigenvalue weighted by Crippen LogP contribution is 2.30. The molecule has 0 aliphatic rings. The zero-order valence-corrected chi connectivity index (χ0v) is 12.4. The van der Waals surface area contributed by atoms with E-state index < -0.39 is 0 Å². The lowest BCUT2D eigenvalue weighted by Crippen LogP contribution is -2.12. The third-order valence-corrected chi connectivity index (χ3v) is 3.64. The smallest absolute Gasteiger partial charge is 0.215 e. The van der Waals surface area contributed by atoms with Crippen LogP contribution in [-0.4, -0.2) is 26.8 Å². The normalized spacial score (nSPS) is 12.8. The Labute approximate surface area is 121 Å². The highest BCUT2D eigenvalue weighted by atomic mass is 16.5. The number of imidazole rings is 1. The number of aryl methyl sites for hydroxylation is 2. The fourth-order valence-electron chi connectivity index (χ4n) is 2.69. The average molecular weight is 287 g/mol. The van der Waals surface area contributed by atoms with Crippen LogP contribution in [0.4, 0.5) is 5.95 Å². The molecule has 0 radical (unpaired) electrons. The van der Waals surface area contributed by atoms with Crippen LogP contribution in [0.1, 0.15) is 30.0 Å². The van der Waals surface area contributed by atoms with Gasteiger partial charge in [-0.25, -0.2) is 4.98 Å². The molecule has 7 heteroatoms. The molecule has 0 spiro atoms. The molecule has 1 atom stereocenters. The van der Waals surface area contributed by atoms with E-state index in [4.69, 9.17) is 15.0 Å². The van der Waals surface area contributed by atoms with Gasteiger partial charge < -0.3 is 15.0 Å². The summed E-state index contributed by atoms with van der Waals surface area (Å²) in [5, 5.41) is 4.00. The third-order valence-electron chi connectivity index (χ3n) is 3.64. The van der Waals surface area contributed by atoms with Gasteiger partial charge in [0.05, 0.1) is 18.8 Å². The fraction of sp³-hybridized carbons (Fsp3) is 0.357. The Balaban J connectivity index is 2.21. The van der Waals surface area contributed by atoms with Gasteiger partial charge in [0.25, 0.3) is 0 Å². The molecular formula is C14H17N5O2. The van der Waals surface area contributed by atoms with Gasteiger partial charge in [0.2, 0.25) is 11.8 Å². The molecule has 0 aliphatic carbocycles. The van der Waals surface area contributed by atoms with Crippen molar-refractivity contribution < 1.29 is 9.26 Å². The Morgan fingerprint density at radius 2 is 2.05 bits per heavy atom. The van der Waals surface area contributed by atoms with Gasteiger partial charge in [-0.3, -0.25) is 4.57 Å². The van der Waals surface area contributed by atoms with Crippen molar-refractivity contribution in [1.82, 2.24) is 19.7 Å². The summed E-state index contributed by atoms with van der Waals surface area (Å²) >= 11 is 0. The van der Waals surface area contributed by atoms with Crippen molar-refractivity contribution in [2.75, 3.05) is 12.8 Å². The molecule has 0 bridgehead atoms. The van der Waals surface area contributed by atoms with Crippen LogP contribution in [-0.2, 0) is 0 Å². The van der Waals surface area contributed by atoms with E-state index in [1.54, 1.807) is 13.2 Å². The first kappa shape index (κ1) is 13.4. The predicted octanol–water partition coefficient (Wildman–Crippen LogP) is 2.24. The highest BCUT2D eigenvalue weighted by Gasteiger charge is 2.23. The molecule has 0 fully saturated rings. The SMILES string of the molecule is COc1ccc2nc(N)n(C(C)c3c(C)noc3C)c2n1. The number of ether oxygens (including phenoxy) is 1. The first-order chi connectivity index (χ1) is 10.0. The van der Waals surface area contributed by atoms with Gasteiger partial charge in [0.1, 0.15) is 11.3 Å². The van der Waals surface area contributed by atoms with Gasteiger partial charge in [-0.2, -0.15) is 4.98 Å². The zero-order chi connectivity index (χ0) is 15.1. The van der Waals surface area contributed by atoms with Gasteiger partial charge >= 0.3 is 0 Å². The number of aromatic nitrogens is 4. The van der Waals surface area contributed by atoms with Crippen LogP contribution in [0, 0.1) is 13.8 Å². The Morgan fingerprint density at radius 1 is 1.29 bits per heavy atom. The number of hydrogen-bond donors (Lipinski definition) is 1. The summed E-state index contributed by atoms with van der Waals surface area (Å²) in [5.41, 5.74) is 9.31. The minimum absolute atomic E-state index is 0.0825. The summed E-state index contributed by atoms with van der Waals surface area (Å²) in [6, 6.07) is 3.52. The molecule has 3 heterocycles. The maximum absolute atomic E-state index is 6.07. The second-order valence-electron chi connectivity index (χ2n) is 4.95. The number of nitrogens with zero attached hydrogens (tertiary/aromatic N) is 4. The Kier molecular flexibility index (Phi) is 3.04. The molecule has 0 amide bonds. The fourth-order valence-corrected chi connectivity index (χ4v) is 2.69. The molecule has 1 unspecified atom stereocenters. The summed E-state index contributed by atoms with van der Waals surface area (Å²) < 4.78 is 12.3. The van der Waals surface area contributed by atoms with E-state index in [2.05, 4.69) is 15.1 Å². The van der Waals surface area contributed by atoms with Crippen molar-refractivity contribution >= 4 is 17.1 Å². The zero-order valence-electron chi connectivity index (χ0n) is 12.4. The molecule has 3 aromatic heterocycles. The van der Waals surface area contributed by atoms with E-state index in [9.17, 15) is 0 Å². The Hall–Kier alpha value is -2.57. The Morgan fingerprint density at radius 3 is 2.67 bits per heavy atom. The van der Waals surface area contributed by atoms with Gasteiger partial charge in [-0.1, -0.05) is 5.16 Å². The van der Waals surface area contributed by atoms with Crippen LogP contribution in [0.5, 0.6) is 5.88 Å². The van der Waals surface area contributed by atoms with Gasteiger partial charge in [0.15, 0.2) is 5.65 Å². The lowest BCUT2D eigenvalue weighted by Gasteiger charge is -2.15. The van der Waals surface area contributed by atoms with Crippen molar-refractivity contribution in [2.24, 2.45) is 0 Å². The molecule has 0 saturated heterocycles. The van der Waals surface area contributed by atoms with Crippen molar-refractivity contribution in [3.8, 4) is 5.88 Å². The van der Waals surface area contributed by atoms with E-state index in [0.717, 1.165) is 22.5 Å². The number of anilines is 1. The van der Waals surface area contributed by atoms with Crippen LogP contribution >= 0.6 is 0 Å². The predicted molar refractivity (Wildman–Crippen MR) is 78.3 cm³/mol. The van der Waals surface area contributed by atoms with Gasteiger partial charge in [0, 0.05) is 11.6 Å². The summed E-state index contributed by atoms with van der Waals surface area (Å²) in [6.07, 6.45) is 0. The lowest BCUT2D eigenvalue weighted by atomic mass is 10.1. The van der Waals surface area contributed by atoms with E-state index in [-0.39, 0.29) is 6.04 Å². The number of methoxy groups -OCH3 is 1. The highest BCUT2D eigenvalue weighted by molar-refractivity contribution is 5.75. The second-order valence-corrected chi connectivity index (χ2v) is 4.95. The van der Waals surface area contributed by atoms with E-state index >= 15 is 0 Å². The standard InChI is InChI=1S/C14H17N5O2/c1-7-12(9(3)21-18-7)8(2)19-13-10(16-14(19)15)5-6-11(17-13)20-4/h5-6,8H,1-4H3,(H2,15,16). The van der Waals surface area contributed by atoms with Crippen LogP contribution in [0.25, 0.3) is 11.2 Å². The van der Waals surface area contributed by atoms with E-state index in [0.29, 0.717) is 17.5 Å². The quantitative estimate of drug-likeness (QED) is 0.794. The third kappa shape index (κ3) is 2.01. The van der Waals surface area contributed by atoms with Crippen molar-refractivity contribution in [3.63, 3.8) is 0 Å². The van der Waals surface area contributed by atoms with Crippen LogP contribution in [0.2, 0.25) is 0 Å². The van der Waals surface area contributed by atoms with E-state index in [1.807, 2.05) is 31.4 Å². The molecule has 3 rings (SSSR count). The maximum atomic E-state index is 6.07. The average Bonchev–Trinajstić information content (AvgIpc) is 2.96. The first-order valence-electron chi connectivity index (χ1n) is 6.64. The number of pyridine rings is 1. The first-order valence-corrected chi connectivity index (χ1v) is 6.64. The molecular weight excluding hydrogens is 270 g/mol. The Bertz CT molecular complexity index is 786. The van der Waals surface area contributed by atoms with E-state index in [1.165, 1.54) is 0 Å². The summed E-state index contributed by atoms with van der Waals surface area (Å²) in [4.78, 5) is 8.80. The van der Waals surface area contributed by atoms with Gasteiger partial charge in [-0.05, 0) is 26.8 Å². The topological polar surface area (TPSA) is 92.0 Å². The molecule has 0 aliphatic heterocycles. The number of hydrogen-bond acceptors (Lipinski definition) is 6. The largest absolute Gasteiger partial charge is 0.481 e. The van der Waals surface area contributed by atoms with Gasteiger partial charge in [-0.15, -0.1) is 0 Å². The van der Waals surface area contributed by atoms with Crippen LogP contribution < -0.4 is 10.5 Å². The number of nitrogen functional groups attached to an aromatic ring is 1. The molecule has 110 valence electrons. The molecule has 3 aromatic rings. The van der Waals surface area contributed by atoms with Crippen LogP contribution in [0.3, 0.4) is 0 Å². The summed E-state index contributed by atoms with van der Waals surface area (Å²) in [6.45, 7) is 5.81. The molecule has 0 aromatic carbocycles. The lowest BCUT2D eigenvalue weighted by molar-refractivity contribution is 0.391. The number of nitrogens with two attached hydrogens (primary N) is 1. The molecule has 21 heavy (non-hydrogen) atoms. The van der Waals surface area contributed by atoms with Crippen molar-refractivity contribution in [1.29, 1.82) is 0 Å². The van der Waals surface area contributed by atoms with Crippen molar-refractivity contribution in [3.05, 3.63) is 29.2 Å². The molecule has 0 saturated carbocycles. The maximum Gasteiger partial charge on any atom is 0.215 e. The second kappa shape index (κ2) is 4.76. The minimum atomic E-state index is -0.0825. The number of fused-ring (bicyclic) bond motifs is 1. The van der Waals surface area contributed by atoms with Crippen LogP contribution in [0.15, 0.2) is 16.7 Å². The van der Waals surface area contributed by atoms with Crippen molar-refractivity contribution in [2.45, 2.75) is 26.8 Å². The summed E-state index contributed by atoms with van der Waals surface area (Å²) in [7, 11) is 1.58. The summed E-state index contributed by atoms with van der Waals surface area (Å²) in [5.74, 6) is 1.69. The monoisotopic (exact) mass is 287 g/mol.